The van der Waals surface area contributed by atoms with Gasteiger partial charge in [-0.05, 0) is 54.2 Å². The number of ether oxygens (including phenoxy) is 1. The van der Waals surface area contributed by atoms with Crippen LogP contribution in [0.3, 0.4) is 0 Å². The maximum atomic E-state index is 12.8. The Bertz CT molecular complexity index is 1070. The van der Waals surface area contributed by atoms with Crippen LogP contribution < -0.4 is 10.5 Å². The van der Waals surface area contributed by atoms with Crippen LogP contribution in [0.2, 0.25) is 0 Å². The molecule has 0 radical (unpaired) electrons. The minimum atomic E-state index is -0.797. The van der Waals surface area contributed by atoms with Crippen LogP contribution in [0, 0.1) is 5.41 Å². The molecule has 0 saturated carbocycles. The summed E-state index contributed by atoms with van der Waals surface area (Å²) in [4.78, 5) is 31.3. The van der Waals surface area contributed by atoms with Gasteiger partial charge in [0.15, 0.2) is 6.61 Å². The number of primary amides is 1. The van der Waals surface area contributed by atoms with Crippen molar-refractivity contribution in [3.8, 4) is 16.9 Å². The summed E-state index contributed by atoms with van der Waals surface area (Å²) < 4.78 is 5.62. The van der Waals surface area contributed by atoms with Crippen molar-refractivity contribution in [3.63, 3.8) is 0 Å². The van der Waals surface area contributed by atoms with E-state index in [1.165, 1.54) is 0 Å². The monoisotopic (exact) mass is 429 g/mol. The summed E-state index contributed by atoms with van der Waals surface area (Å²) in [5, 5.41) is 0. The highest BCUT2D eigenvalue weighted by molar-refractivity contribution is 5.84. The third-order valence-electron chi connectivity index (χ3n) is 6.02. The summed E-state index contributed by atoms with van der Waals surface area (Å²) in [7, 11) is 0. The first-order chi connectivity index (χ1) is 15.6. The van der Waals surface area contributed by atoms with Crippen LogP contribution in [-0.4, -0.2) is 41.4 Å². The molecule has 2 amide bonds. The standard InChI is InChI=1S/C26H27N3O3/c27-25(31)26(16-20-7-4-8-21(15-20)22-9-5-13-28-17-22)12-6-14-29(19-26)24(30)18-32-23-10-2-1-3-11-23/h1-5,7-11,13,15,17H,6,12,14,16,18-19H2,(H2,27,31). The lowest BCUT2D eigenvalue weighted by molar-refractivity contribution is -0.141. The number of carbonyl (C=O) groups excluding carboxylic acids is 2. The van der Waals surface area contributed by atoms with Crippen molar-refractivity contribution in [2.45, 2.75) is 19.3 Å². The van der Waals surface area contributed by atoms with Crippen molar-refractivity contribution in [3.05, 3.63) is 84.7 Å². The first-order valence-electron chi connectivity index (χ1n) is 10.8. The van der Waals surface area contributed by atoms with Crippen molar-refractivity contribution in [2.24, 2.45) is 11.1 Å². The lowest BCUT2D eigenvalue weighted by atomic mass is 9.74. The molecule has 2 heterocycles. The number of aromatic nitrogens is 1. The van der Waals surface area contributed by atoms with E-state index >= 15 is 0 Å². The van der Waals surface area contributed by atoms with Gasteiger partial charge in [0.25, 0.3) is 5.91 Å². The molecule has 1 aromatic heterocycles. The fourth-order valence-corrected chi connectivity index (χ4v) is 4.32. The first kappa shape index (κ1) is 21.6. The highest BCUT2D eigenvalue weighted by Gasteiger charge is 2.42. The molecule has 1 saturated heterocycles. The minimum absolute atomic E-state index is 0.0602. The number of likely N-dealkylation sites (tertiary alicyclic amines) is 1. The quantitative estimate of drug-likeness (QED) is 0.623. The van der Waals surface area contributed by atoms with Crippen molar-refractivity contribution in [2.75, 3.05) is 19.7 Å². The van der Waals surface area contributed by atoms with Gasteiger partial charge >= 0.3 is 0 Å². The van der Waals surface area contributed by atoms with Gasteiger partial charge < -0.3 is 15.4 Å². The van der Waals surface area contributed by atoms with Gasteiger partial charge in [-0.25, -0.2) is 0 Å². The zero-order valence-corrected chi connectivity index (χ0v) is 17.9. The number of benzene rings is 2. The number of pyridine rings is 1. The van der Waals surface area contributed by atoms with E-state index < -0.39 is 5.41 Å². The number of hydrogen-bond acceptors (Lipinski definition) is 4. The van der Waals surface area contributed by atoms with E-state index in [-0.39, 0.29) is 18.4 Å². The third kappa shape index (κ3) is 4.97. The third-order valence-corrected chi connectivity index (χ3v) is 6.02. The lowest BCUT2D eigenvalue weighted by Gasteiger charge is -2.41. The molecule has 2 aromatic carbocycles. The molecule has 4 rings (SSSR count). The minimum Gasteiger partial charge on any atom is -0.484 e. The molecular formula is C26H27N3O3. The summed E-state index contributed by atoms with van der Waals surface area (Å²) in [5.41, 5.74) is 8.18. The summed E-state index contributed by atoms with van der Waals surface area (Å²) >= 11 is 0. The Balaban J connectivity index is 1.48. The summed E-state index contributed by atoms with van der Waals surface area (Å²) in [6.45, 7) is 0.841. The predicted molar refractivity (Wildman–Crippen MR) is 123 cm³/mol. The number of piperidine rings is 1. The Hall–Kier alpha value is -3.67. The number of amides is 2. The number of hydrogen-bond donors (Lipinski definition) is 1. The fourth-order valence-electron chi connectivity index (χ4n) is 4.32. The molecule has 3 aromatic rings. The molecule has 0 bridgehead atoms. The molecule has 1 fully saturated rings. The maximum absolute atomic E-state index is 12.8. The topological polar surface area (TPSA) is 85.5 Å². The average Bonchev–Trinajstić information content (AvgIpc) is 2.84. The number of rotatable bonds is 7. The SMILES string of the molecule is NC(=O)C1(Cc2cccc(-c3cccnc3)c2)CCCN(C(=O)COc2ccccc2)C1. The summed E-state index contributed by atoms with van der Waals surface area (Å²) in [5.74, 6) is 0.139. The first-order valence-corrected chi connectivity index (χ1v) is 10.8. The van der Waals surface area contributed by atoms with Crippen LogP contribution in [0.25, 0.3) is 11.1 Å². The molecule has 32 heavy (non-hydrogen) atoms. The zero-order valence-electron chi connectivity index (χ0n) is 17.9. The molecule has 2 N–H and O–H groups in total. The average molecular weight is 430 g/mol. The molecule has 1 aliphatic heterocycles. The number of para-hydroxylation sites is 1. The van der Waals surface area contributed by atoms with Gasteiger partial charge in [-0.3, -0.25) is 14.6 Å². The van der Waals surface area contributed by atoms with Crippen LogP contribution in [0.1, 0.15) is 18.4 Å². The molecule has 1 unspecified atom stereocenters. The van der Waals surface area contributed by atoms with Crippen LogP contribution in [0.5, 0.6) is 5.75 Å². The van der Waals surface area contributed by atoms with Gasteiger partial charge in [0.05, 0.1) is 5.41 Å². The van der Waals surface area contributed by atoms with Gasteiger partial charge in [-0.15, -0.1) is 0 Å². The summed E-state index contributed by atoms with van der Waals surface area (Å²) in [6.07, 6.45) is 5.42. The number of carbonyl (C=O) groups is 2. The van der Waals surface area contributed by atoms with E-state index in [2.05, 4.69) is 11.1 Å². The second kappa shape index (κ2) is 9.64. The predicted octanol–water partition coefficient (Wildman–Crippen LogP) is 3.46. The molecule has 0 spiro atoms. The Labute approximate surface area is 188 Å². The lowest BCUT2D eigenvalue weighted by Crippen LogP contribution is -2.54. The van der Waals surface area contributed by atoms with Gasteiger partial charge in [0, 0.05) is 25.5 Å². The molecular weight excluding hydrogens is 402 g/mol. The van der Waals surface area contributed by atoms with Crippen LogP contribution in [0.4, 0.5) is 0 Å². The van der Waals surface area contributed by atoms with E-state index in [9.17, 15) is 9.59 Å². The molecule has 6 heteroatoms. The molecule has 1 atom stereocenters. The maximum Gasteiger partial charge on any atom is 0.260 e. The smallest absolute Gasteiger partial charge is 0.260 e. The number of nitrogens with zero attached hydrogens (tertiary/aromatic N) is 2. The Morgan fingerprint density at radius 2 is 1.84 bits per heavy atom. The fraction of sp³-hybridized carbons (Fsp3) is 0.269. The zero-order chi connectivity index (χ0) is 22.4. The van der Waals surface area contributed by atoms with E-state index in [0.717, 1.165) is 23.1 Å². The molecule has 164 valence electrons. The highest BCUT2D eigenvalue weighted by Crippen LogP contribution is 2.34. The van der Waals surface area contributed by atoms with Gasteiger partial charge in [0.1, 0.15) is 5.75 Å². The van der Waals surface area contributed by atoms with Crippen molar-refractivity contribution >= 4 is 11.8 Å². The van der Waals surface area contributed by atoms with E-state index in [1.54, 1.807) is 11.1 Å². The summed E-state index contributed by atoms with van der Waals surface area (Å²) in [6, 6.07) is 21.2. The normalized spacial score (nSPS) is 18.2. The van der Waals surface area contributed by atoms with Crippen molar-refractivity contribution in [1.82, 2.24) is 9.88 Å². The second-order valence-electron chi connectivity index (χ2n) is 8.28. The number of nitrogens with two attached hydrogens (primary N) is 1. The Morgan fingerprint density at radius 3 is 2.59 bits per heavy atom. The largest absolute Gasteiger partial charge is 0.484 e. The van der Waals surface area contributed by atoms with Gasteiger partial charge in [0.2, 0.25) is 5.91 Å². The van der Waals surface area contributed by atoms with Gasteiger partial charge in [-0.1, -0.05) is 48.5 Å². The molecule has 6 nitrogen and oxygen atoms in total. The van der Waals surface area contributed by atoms with Crippen LogP contribution in [-0.2, 0) is 16.0 Å². The van der Waals surface area contributed by atoms with Crippen molar-refractivity contribution in [1.29, 1.82) is 0 Å². The van der Waals surface area contributed by atoms with Gasteiger partial charge in [-0.2, -0.15) is 0 Å². The Morgan fingerprint density at radius 1 is 1.03 bits per heavy atom. The highest BCUT2D eigenvalue weighted by atomic mass is 16.5. The van der Waals surface area contributed by atoms with Crippen LogP contribution in [0.15, 0.2) is 79.1 Å². The van der Waals surface area contributed by atoms with E-state index in [1.807, 2.05) is 66.9 Å². The van der Waals surface area contributed by atoms with Crippen LogP contribution >= 0.6 is 0 Å². The van der Waals surface area contributed by atoms with E-state index in [4.69, 9.17) is 10.5 Å². The second-order valence-corrected chi connectivity index (χ2v) is 8.28. The molecule has 0 aliphatic carbocycles. The Kier molecular flexibility index (Phi) is 6.50. The van der Waals surface area contributed by atoms with Crippen molar-refractivity contribution < 1.29 is 14.3 Å². The molecule has 1 aliphatic rings. The van der Waals surface area contributed by atoms with E-state index in [0.29, 0.717) is 31.7 Å².